The van der Waals surface area contributed by atoms with Crippen LogP contribution in [0.3, 0.4) is 0 Å². The smallest absolute Gasteiger partial charge is 0.374 e. The standard InChI is InChI=1S/C16H16ClNO4/c17-12-4-5-13-11(8-12)9-14(22-13)16(20)21-10-15(19)18-6-2-1-3-7-18/h4-5,8-9H,1-3,6-7,10H2. The number of likely N-dealkylation sites (tertiary alicyclic amines) is 1. The van der Waals surface area contributed by atoms with Crippen LogP contribution in [0.5, 0.6) is 0 Å². The van der Waals surface area contributed by atoms with Gasteiger partial charge in [-0.25, -0.2) is 4.79 Å². The van der Waals surface area contributed by atoms with Gasteiger partial charge in [0.15, 0.2) is 6.61 Å². The van der Waals surface area contributed by atoms with Crippen molar-refractivity contribution < 1.29 is 18.7 Å². The zero-order valence-electron chi connectivity index (χ0n) is 12.0. The van der Waals surface area contributed by atoms with Gasteiger partial charge in [0, 0.05) is 23.5 Å². The molecule has 0 spiro atoms. The Bertz CT molecular complexity index is 703. The van der Waals surface area contributed by atoms with Crippen LogP contribution in [0, 0.1) is 0 Å². The van der Waals surface area contributed by atoms with Crippen molar-refractivity contribution in [3.05, 3.63) is 35.0 Å². The molecule has 6 heteroatoms. The van der Waals surface area contributed by atoms with E-state index in [1.807, 2.05) is 0 Å². The highest BCUT2D eigenvalue weighted by Gasteiger charge is 2.20. The van der Waals surface area contributed by atoms with Gasteiger partial charge in [-0.1, -0.05) is 11.6 Å². The Hall–Kier alpha value is -2.01. The number of benzene rings is 1. The van der Waals surface area contributed by atoms with Crippen molar-refractivity contribution in [1.82, 2.24) is 4.90 Å². The summed E-state index contributed by atoms with van der Waals surface area (Å²) in [5.41, 5.74) is 0.554. The molecule has 3 rings (SSSR count). The largest absolute Gasteiger partial charge is 0.450 e. The van der Waals surface area contributed by atoms with Crippen LogP contribution in [0.15, 0.2) is 28.7 Å². The Morgan fingerprint density at radius 3 is 2.73 bits per heavy atom. The molecule has 0 aliphatic carbocycles. The van der Waals surface area contributed by atoms with Crippen LogP contribution in [0.1, 0.15) is 29.8 Å². The van der Waals surface area contributed by atoms with Crippen LogP contribution < -0.4 is 0 Å². The van der Waals surface area contributed by atoms with Crippen molar-refractivity contribution in [2.45, 2.75) is 19.3 Å². The third-order valence-electron chi connectivity index (χ3n) is 3.72. The van der Waals surface area contributed by atoms with E-state index < -0.39 is 5.97 Å². The number of hydrogen-bond acceptors (Lipinski definition) is 4. The molecule has 22 heavy (non-hydrogen) atoms. The third-order valence-corrected chi connectivity index (χ3v) is 3.95. The first-order valence-electron chi connectivity index (χ1n) is 7.27. The van der Waals surface area contributed by atoms with E-state index in [-0.39, 0.29) is 18.3 Å². The van der Waals surface area contributed by atoms with E-state index in [1.165, 1.54) is 0 Å². The first kappa shape index (κ1) is 14.9. The molecule has 1 aromatic heterocycles. The second-order valence-corrected chi connectivity index (χ2v) is 5.75. The summed E-state index contributed by atoms with van der Waals surface area (Å²) < 4.78 is 10.5. The topological polar surface area (TPSA) is 59.8 Å². The Kier molecular flexibility index (Phi) is 4.34. The number of fused-ring (bicyclic) bond motifs is 1. The monoisotopic (exact) mass is 321 g/mol. The minimum atomic E-state index is -0.641. The maximum absolute atomic E-state index is 12.0. The molecule has 1 aliphatic rings. The van der Waals surface area contributed by atoms with Crippen LogP contribution in [-0.2, 0) is 9.53 Å². The van der Waals surface area contributed by atoms with E-state index >= 15 is 0 Å². The lowest BCUT2D eigenvalue weighted by atomic mass is 10.1. The highest BCUT2D eigenvalue weighted by atomic mass is 35.5. The van der Waals surface area contributed by atoms with Crippen molar-refractivity contribution in [3.63, 3.8) is 0 Å². The maximum Gasteiger partial charge on any atom is 0.374 e. The van der Waals surface area contributed by atoms with Crippen molar-refractivity contribution in [2.75, 3.05) is 19.7 Å². The van der Waals surface area contributed by atoms with Crippen molar-refractivity contribution in [2.24, 2.45) is 0 Å². The molecule has 1 aromatic carbocycles. The molecule has 2 aromatic rings. The second kappa shape index (κ2) is 6.40. The molecule has 0 bridgehead atoms. The van der Waals surface area contributed by atoms with E-state index in [9.17, 15) is 9.59 Å². The minimum absolute atomic E-state index is 0.0729. The van der Waals surface area contributed by atoms with Gasteiger partial charge in [-0.2, -0.15) is 0 Å². The number of rotatable bonds is 3. The molecular formula is C16H16ClNO4. The fourth-order valence-corrected chi connectivity index (χ4v) is 2.73. The number of esters is 1. The highest BCUT2D eigenvalue weighted by Crippen LogP contribution is 2.23. The Morgan fingerprint density at radius 2 is 1.95 bits per heavy atom. The van der Waals surface area contributed by atoms with E-state index in [0.717, 1.165) is 37.7 Å². The molecule has 0 saturated carbocycles. The summed E-state index contributed by atoms with van der Waals surface area (Å²) in [5, 5.41) is 1.29. The average molecular weight is 322 g/mol. The van der Waals surface area contributed by atoms with Gasteiger partial charge in [0.1, 0.15) is 5.58 Å². The molecule has 116 valence electrons. The number of amides is 1. The van der Waals surface area contributed by atoms with E-state index in [0.29, 0.717) is 10.6 Å². The van der Waals surface area contributed by atoms with Crippen LogP contribution in [0.4, 0.5) is 0 Å². The van der Waals surface area contributed by atoms with Gasteiger partial charge < -0.3 is 14.1 Å². The molecule has 5 nitrogen and oxygen atoms in total. The zero-order valence-corrected chi connectivity index (χ0v) is 12.8. The number of piperidine rings is 1. The van der Waals surface area contributed by atoms with Crippen molar-refractivity contribution in [1.29, 1.82) is 0 Å². The summed E-state index contributed by atoms with van der Waals surface area (Å²) in [7, 11) is 0. The van der Waals surface area contributed by atoms with Gasteiger partial charge in [-0.3, -0.25) is 4.79 Å². The quantitative estimate of drug-likeness (QED) is 0.814. The summed E-state index contributed by atoms with van der Waals surface area (Å²) in [6, 6.07) is 6.64. The SMILES string of the molecule is O=C(OCC(=O)N1CCCCC1)c1cc2cc(Cl)ccc2o1. The van der Waals surface area contributed by atoms with Gasteiger partial charge in [-0.05, 0) is 43.5 Å². The number of carbonyl (C=O) groups is 2. The van der Waals surface area contributed by atoms with Crippen LogP contribution in [0.2, 0.25) is 5.02 Å². The summed E-state index contributed by atoms with van der Waals surface area (Å²) in [5.74, 6) is -0.728. The number of halogens is 1. The Balaban J connectivity index is 1.61. The van der Waals surface area contributed by atoms with Crippen LogP contribution in [0.25, 0.3) is 11.0 Å². The first-order valence-corrected chi connectivity index (χ1v) is 7.65. The summed E-state index contributed by atoms with van der Waals surface area (Å²) >= 11 is 5.89. The van der Waals surface area contributed by atoms with Gasteiger partial charge in [0.05, 0.1) is 0 Å². The summed E-state index contributed by atoms with van der Waals surface area (Å²) in [6.45, 7) is 1.22. The molecule has 1 amide bonds. The maximum atomic E-state index is 12.0. The highest BCUT2D eigenvalue weighted by molar-refractivity contribution is 6.31. The summed E-state index contributed by atoms with van der Waals surface area (Å²) in [4.78, 5) is 25.6. The van der Waals surface area contributed by atoms with Gasteiger partial charge >= 0.3 is 5.97 Å². The lowest BCUT2D eigenvalue weighted by Gasteiger charge is -2.26. The molecular weight excluding hydrogens is 306 g/mol. The fraction of sp³-hybridized carbons (Fsp3) is 0.375. The first-order chi connectivity index (χ1) is 10.6. The molecule has 0 N–H and O–H groups in total. The third kappa shape index (κ3) is 3.25. The van der Waals surface area contributed by atoms with E-state index in [1.54, 1.807) is 29.2 Å². The van der Waals surface area contributed by atoms with Gasteiger partial charge in [0.25, 0.3) is 5.91 Å². The van der Waals surface area contributed by atoms with Crippen molar-refractivity contribution >= 4 is 34.4 Å². The molecule has 0 radical (unpaired) electrons. The average Bonchev–Trinajstić information content (AvgIpc) is 2.96. The normalized spacial score (nSPS) is 15.0. The minimum Gasteiger partial charge on any atom is -0.450 e. The molecule has 1 saturated heterocycles. The lowest BCUT2D eigenvalue weighted by molar-refractivity contribution is -0.135. The number of carbonyl (C=O) groups excluding carboxylic acids is 2. The van der Waals surface area contributed by atoms with Crippen molar-refractivity contribution in [3.8, 4) is 0 Å². The van der Waals surface area contributed by atoms with E-state index in [4.69, 9.17) is 20.8 Å². The molecule has 2 heterocycles. The number of nitrogens with zero attached hydrogens (tertiary/aromatic N) is 1. The Morgan fingerprint density at radius 1 is 1.18 bits per heavy atom. The van der Waals surface area contributed by atoms with Gasteiger partial charge in [0.2, 0.25) is 5.76 Å². The molecule has 0 atom stereocenters. The lowest BCUT2D eigenvalue weighted by Crippen LogP contribution is -2.38. The number of furan rings is 1. The van der Waals surface area contributed by atoms with Crippen LogP contribution >= 0.6 is 11.6 Å². The fourth-order valence-electron chi connectivity index (χ4n) is 2.55. The predicted molar refractivity (Wildman–Crippen MR) is 81.9 cm³/mol. The van der Waals surface area contributed by atoms with Gasteiger partial charge in [-0.15, -0.1) is 0 Å². The molecule has 1 aliphatic heterocycles. The molecule has 1 fully saturated rings. The van der Waals surface area contributed by atoms with Crippen LogP contribution in [-0.4, -0.2) is 36.5 Å². The predicted octanol–water partition coefficient (Wildman–Crippen LogP) is 3.26. The number of hydrogen-bond donors (Lipinski definition) is 0. The Labute approximate surface area is 132 Å². The molecule has 0 unspecified atom stereocenters. The zero-order chi connectivity index (χ0) is 15.5. The summed E-state index contributed by atoms with van der Waals surface area (Å²) in [6.07, 6.45) is 3.15. The van der Waals surface area contributed by atoms with E-state index in [2.05, 4.69) is 0 Å². The number of ether oxygens (including phenoxy) is 1. The second-order valence-electron chi connectivity index (χ2n) is 5.31.